The molecule has 128 valence electrons. The van der Waals surface area contributed by atoms with Crippen LogP contribution in [0.4, 0.5) is 0 Å². The number of nitrogens with zero attached hydrogens (tertiary/aromatic N) is 2. The molecule has 2 aliphatic rings. The smallest absolute Gasteiger partial charge is 0.0112 e. The van der Waals surface area contributed by atoms with Gasteiger partial charge in [-0.15, -0.1) is 0 Å². The summed E-state index contributed by atoms with van der Waals surface area (Å²) in [5.74, 6) is 0. The Hall–Kier alpha value is -1.38. The van der Waals surface area contributed by atoms with Gasteiger partial charge in [0, 0.05) is 25.7 Å². The minimum Gasteiger partial charge on any atom is -0.302 e. The lowest BCUT2D eigenvalue weighted by molar-refractivity contribution is 0.187. The highest BCUT2D eigenvalue weighted by atomic mass is 15.2. The van der Waals surface area contributed by atoms with Crippen LogP contribution in [0.3, 0.4) is 0 Å². The van der Waals surface area contributed by atoms with Crippen LogP contribution in [0.5, 0.6) is 0 Å². The molecule has 0 radical (unpaired) electrons. The molecule has 0 aliphatic carbocycles. The van der Waals surface area contributed by atoms with E-state index in [1.807, 2.05) is 0 Å². The lowest BCUT2D eigenvalue weighted by atomic mass is 10.0. The third-order valence-corrected chi connectivity index (χ3v) is 6.01. The van der Waals surface area contributed by atoms with Crippen LogP contribution in [0, 0.1) is 0 Å². The first kappa shape index (κ1) is 16.1. The molecule has 2 unspecified atom stereocenters. The molecule has 0 N–H and O–H groups in total. The van der Waals surface area contributed by atoms with Gasteiger partial charge in [0.2, 0.25) is 0 Å². The molecule has 0 spiro atoms. The van der Waals surface area contributed by atoms with E-state index in [0.717, 1.165) is 6.04 Å². The van der Waals surface area contributed by atoms with Crippen LogP contribution in [0.25, 0.3) is 10.8 Å². The largest absolute Gasteiger partial charge is 0.302 e. The van der Waals surface area contributed by atoms with Gasteiger partial charge < -0.3 is 4.90 Å². The van der Waals surface area contributed by atoms with Crippen molar-refractivity contribution < 1.29 is 0 Å². The van der Waals surface area contributed by atoms with Crippen molar-refractivity contribution in [3.63, 3.8) is 0 Å². The van der Waals surface area contributed by atoms with Gasteiger partial charge in [-0.2, -0.15) is 0 Å². The summed E-state index contributed by atoms with van der Waals surface area (Å²) in [7, 11) is 0. The summed E-state index contributed by atoms with van der Waals surface area (Å²) in [6.45, 7) is 6.39. The van der Waals surface area contributed by atoms with Crippen molar-refractivity contribution in [2.24, 2.45) is 0 Å². The fraction of sp³-hybridized carbons (Fsp3) is 0.545. The summed E-state index contributed by atoms with van der Waals surface area (Å²) in [6.07, 6.45) is 8.21. The predicted octanol–water partition coefficient (Wildman–Crippen LogP) is 4.33. The molecule has 24 heavy (non-hydrogen) atoms. The Morgan fingerprint density at radius 3 is 2.67 bits per heavy atom. The predicted molar refractivity (Wildman–Crippen MR) is 103 cm³/mol. The molecule has 2 aliphatic heterocycles. The summed E-state index contributed by atoms with van der Waals surface area (Å²) in [5, 5.41) is 2.73. The molecule has 2 atom stereocenters. The lowest BCUT2D eigenvalue weighted by Crippen LogP contribution is -2.38. The van der Waals surface area contributed by atoms with Gasteiger partial charge in [0.25, 0.3) is 0 Å². The van der Waals surface area contributed by atoms with Gasteiger partial charge in [-0.05, 0) is 55.1 Å². The van der Waals surface area contributed by atoms with E-state index in [9.17, 15) is 0 Å². The summed E-state index contributed by atoms with van der Waals surface area (Å²) in [4.78, 5) is 5.49. The van der Waals surface area contributed by atoms with E-state index in [1.165, 1.54) is 87.6 Å². The Morgan fingerprint density at radius 2 is 1.71 bits per heavy atom. The van der Waals surface area contributed by atoms with E-state index in [1.54, 1.807) is 0 Å². The van der Waals surface area contributed by atoms with Gasteiger partial charge in [0.1, 0.15) is 0 Å². The van der Waals surface area contributed by atoms with Crippen molar-refractivity contribution in [3.05, 3.63) is 48.0 Å². The number of fused-ring (bicyclic) bond motifs is 4. The molecular formula is C22H30N2. The number of hydrogen-bond donors (Lipinski definition) is 0. The molecule has 0 saturated carbocycles. The maximum Gasteiger partial charge on any atom is 0.0112 e. The van der Waals surface area contributed by atoms with E-state index in [-0.39, 0.29) is 0 Å². The average molecular weight is 322 g/mol. The second-order valence-corrected chi connectivity index (χ2v) is 7.60. The maximum atomic E-state index is 2.79. The van der Waals surface area contributed by atoms with Gasteiger partial charge in [0.05, 0.1) is 0 Å². The number of rotatable bonds is 3. The first-order valence-corrected chi connectivity index (χ1v) is 9.82. The van der Waals surface area contributed by atoms with E-state index >= 15 is 0 Å². The zero-order chi connectivity index (χ0) is 16.2. The zero-order valence-corrected chi connectivity index (χ0v) is 14.8. The minimum absolute atomic E-state index is 0.813. The highest BCUT2D eigenvalue weighted by Crippen LogP contribution is 2.21. The summed E-state index contributed by atoms with van der Waals surface area (Å²) in [5.41, 5.74) is 1.49. The van der Waals surface area contributed by atoms with Crippen molar-refractivity contribution in [1.82, 2.24) is 9.80 Å². The molecule has 0 aromatic heterocycles. The van der Waals surface area contributed by atoms with Crippen molar-refractivity contribution >= 4 is 10.8 Å². The minimum atomic E-state index is 0.813. The maximum absolute atomic E-state index is 2.79. The monoisotopic (exact) mass is 322 g/mol. The van der Waals surface area contributed by atoms with E-state index in [2.05, 4.69) is 52.3 Å². The van der Waals surface area contributed by atoms with Crippen LogP contribution in [0.15, 0.2) is 42.5 Å². The van der Waals surface area contributed by atoms with Crippen molar-refractivity contribution in [2.45, 2.75) is 44.6 Å². The Balaban J connectivity index is 1.43. The molecule has 2 fully saturated rings. The molecular weight excluding hydrogens is 292 g/mol. The summed E-state index contributed by atoms with van der Waals surface area (Å²) < 4.78 is 0. The van der Waals surface area contributed by atoms with Gasteiger partial charge in [-0.1, -0.05) is 55.3 Å². The van der Waals surface area contributed by atoms with Crippen molar-refractivity contribution in [1.29, 1.82) is 0 Å². The summed E-state index contributed by atoms with van der Waals surface area (Å²) >= 11 is 0. The van der Waals surface area contributed by atoms with Crippen LogP contribution in [-0.2, 0) is 6.42 Å². The second kappa shape index (κ2) is 7.67. The molecule has 4 rings (SSSR count). The van der Waals surface area contributed by atoms with Gasteiger partial charge >= 0.3 is 0 Å². The topological polar surface area (TPSA) is 6.48 Å². The SMILES string of the molecule is c1ccc2cc(CCN3CCN4CCCCCC3CC4)ccc2c1. The van der Waals surface area contributed by atoms with Gasteiger partial charge in [-0.3, -0.25) is 4.90 Å². The quantitative estimate of drug-likeness (QED) is 0.830. The Bertz CT molecular complexity index is 666. The molecule has 2 aromatic rings. The van der Waals surface area contributed by atoms with Gasteiger partial charge in [0.15, 0.2) is 0 Å². The Morgan fingerprint density at radius 1 is 0.792 bits per heavy atom. The highest BCUT2D eigenvalue weighted by Gasteiger charge is 2.24. The third-order valence-electron chi connectivity index (χ3n) is 6.01. The first-order valence-electron chi connectivity index (χ1n) is 9.82. The van der Waals surface area contributed by atoms with Crippen LogP contribution in [-0.4, -0.2) is 48.6 Å². The van der Waals surface area contributed by atoms with Crippen LogP contribution < -0.4 is 0 Å². The highest BCUT2D eigenvalue weighted by molar-refractivity contribution is 5.82. The van der Waals surface area contributed by atoms with Crippen molar-refractivity contribution in [2.75, 3.05) is 32.7 Å². The normalized spacial score (nSPS) is 25.8. The molecule has 2 aromatic carbocycles. The molecule has 2 bridgehead atoms. The molecule has 2 saturated heterocycles. The van der Waals surface area contributed by atoms with E-state index in [0.29, 0.717) is 0 Å². The lowest BCUT2D eigenvalue weighted by Gasteiger charge is -2.30. The van der Waals surface area contributed by atoms with Crippen LogP contribution >= 0.6 is 0 Å². The third kappa shape index (κ3) is 3.81. The molecule has 2 heteroatoms. The summed E-state index contributed by atoms with van der Waals surface area (Å²) in [6, 6.07) is 16.5. The number of hydrogen-bond acceptors (Lipinski definition) is 2. The fourth-order valence-corrected chi connectivity index (χ4v) is 4.48. The van der Waals surface area contributed by atoms with E-state index < -0.39 is 0 Å². The van der Waals surface area contributed by atoms with Crippen LogP contribution in [0.1, 0.15) is 37.7 Å². The Labute approximate surface area is 146 Å². The fourth-order valence-electron chi connectivity index (χ4n) is 4.48. The Kier molecular flexibility index (Phi) is 5.15. The molecule has 2 heterocycles. The number of benzene rings is 2. The zero-order valence-electron chi connectivity index (χ0n) is 14.8. The van der Waals surface area contributed by atoms with Gasteiger partial charge in [-0.25, -0.2) is 0 Å². The van der Waals surface area contributed by atoms with E-state index in [4.69, 9.17) is 0 Å². The first-order chi connectivity index (χ1) is 11.9. The standard InChI is InChI=1S/C22H30N2/c1-2-8-22-12-14-23(13-5-1)16-17-24(22)15-11-19-9-10-20-6-3-4-7-21(20)18-19/h3-4,6-7,9-10,18,22H,1-2,5,8,11-17H2. The van der Waals surface area contributed by atoms with Crippen molar-refractivity contribution in [3.8, 4) is 0 Å². The molecule has 2 nitrogen and oxygen atoms in total. The second-order valence-electron chi connectivity index (χ2n) is 7.60. The molecule has 0 amide bonds. The average Bonchev–Trinajstić information content (AvgIpc) is 2.73. The van der Waals surface area contributed by atoms with Crippen LogP contribution in [0.2, 0.25) is 0 Å².